The predicted octanol–water partition coefficient (Wildman–Crippen LogP) is 4.12. The summed E-state index contributed by atoms with van der Waals surface area (Å²) in [6, 6.07) is 15.2. The number of amides is 1. The van der Waals surface area contributed by atoms with E-state index < -0.39 is 0 Å². The third kappa shape index (κ3) is 5.29. The highest BCUT2D eigenvalue weighted by atomic mass is 16.5. The van der Waals surface area contributed by atoms with Gasteiger partial charge in [-0.05, 0) is 55.7 Å². The van der Waals surface area contributed by atoms with E-state index in [-0.39, 0.29) is 5.91 Å². The van der Waals surface area contributed by atoms with Gasteiger partial charge in [0, 0.05) is 18.3 Å². The van der Waals surface area contributed by atoms with Gasteiger partial charge in [-0.15, -0.1) is 0 Å². The number of aryl methyl sites for hydroxylation is 2. The van der Waals surface area contributed by atoms with Gasteiger partial charge in [0.25, 0.3) is 5.91 Å². The van der Waals surface area contributed by atoms with Gasteiger partial charge < -0.3 is 14.8 Å². The average Bonchev–Trinajstić information content (AvgIpc) is 3.16. The molecule has 6 heteroatoms. The van der Waals surface area contributed by atoms with Crippen molar-refractivity contribution in [1.29, 1.82) is 0 Å². The molecule has 0 unspecified atom stereocenters. The molecule has 0 radical (unpaired) electrons. The molecule has 0 aliphatic heterocycles. The number of carbonyl (C=O) groups is 1. The first-order chi connectivity index (χ1) is 14.6. The molecule has 0 aliphatic carbocycles. The monoisotopic (exact) mass is 405 g/mol. The van der Waals surface area contributed by atoms with Gasteiger partial charge in [0.1, 0.15) is 6.61 Å². The molecule has 3 rings (SSSR count). The van der Waals surface area contributed by atoms with Crippen LogP contribution in [-0.2, 0) is 6.42 Å². The second-order valence-electron chi connectivity index (χ2n) is 6.84. The zero-order valence-corrected chi connectivity index (χ0v) is 17.4. The Morgan fingerprint density at radius 3 is 2.73 bits per heavy atom. The molecule has 0 fully saturated rings. The van der Waals surface area contributed by atoms with Gasteiger partial charge in [0.2, 0.25) is 0 Å². The summed E-state index contributed by atoms with van der Waals surface area (Å²) in [6.07, 6.45) is 5.38. The first-order valence-corrected chi connectivity index (χ1v) is 9.93. The number of nitrogens with one attached hydrogen (secondary N) is 1. The Morgan fingerprint density at radius 2 is 2.00 bits per heavy atom. The number of hydrogen-bond donors (Lipinski definition) is 1. The van der Waals surface area contributed by atoms with Gasteiger partial charge in [-0.2, -0.15) is 5.10 Å². The number of methoxy groups -OCH3 is 1. The molecule has 30 heavy (non-hydrogen) atoms. The standard InChI is InChI=1S/C24H27N3O3/c1-4-15-30-22-13-12-19(16-23(22)29-3)24(28)25-14-8-9-20-17-27(26-18(20)2)21-10-6-5-7-11-21/h4-7,10-13,16-17H,1,8-9,14-15H2,2-3H3,(H,25,28). The van der Waals surface area contributed by atoms with E-state index in [0.717, 1.165) is 24.2 Å². The summed E-state index contributed by atoms with van der Waals surface area (Å²) in [4.78, 5) is 12.5. The highest BCUT2D eigenvalue weighted by Crippen LogP contribution is 2.28. The van der Waals surface area contributed by atoms with Crippen LogP contribution in [0.15, 0.2) is 67.4 Å². The van der Waals surface area contributed by atoms with E-state index >= 15 is 0 Å². The Kier molecular flexibility index (Phi) is 7.27. The third-order valence-corrected chi connectivity index (χ3v) is 4.71. The summed E-state index contributed by atoms with van der Waals surface area (Å²) in [6.45, 7) is 6.59. The second-order valence-corrected chi connectivity index (χ2v) is 6.84. The smallest absolute Gasteiger partial charge is 0.251 e. The van der Waals surface area contributed by atoms with Gasteiger partial charge in [-0.3, -0.25) is 4.79 Å². The Morgan fingerprint density at radius 1 is 1.20 bits per heavy atom. The van der Waals surface area contributed by atoms with Crippen molar-refractivity contribution < 1.29 is 14.3 Å². The van der Waals surface area contributed by atoms with E-state index in [1.165, 1.54) is 5.56 Å². The fourth-order valence-corrected chi connectivity index (χ4v) is 3.11. The van der Waals surface area contributed by atoms with E-state index in [9.17, 15) is 4.79 Å². The van der Waals surface area contributed by atoms with Crippen molar-refractivity contribution in [2.45, 2.75) is 19.8 Å². The topological polar surface area (TPSA) is 65.4 Å². The molecule has 0 bridgehead atoms. The number of hydrogen-bond acceptors (Lipinski definition) is 4. The highest BCUT2D eigenvalue weighted by molar-refractivity contribution is 5.94. The zero-order chi connectivity index (χ0) is 21.3. The number of ether oxygens (including phenoxy) is 2. The maximum Gasteiger partial charge on any atom is 0.251 e. The lowest BCUT2D eigenvalue weighted by atomic mass is 10.1. The van der Waals surface area contributed by atoms with Crippen LogP contribution in [0.2, 0.25) is 0 Å². The van der Waals surface area contributed by atoms with Crippen molar-refractivity contribution in [3.63, 3.8) is 0 Å². The molecule has 0 saturated heterocycles. The number of para-hydroxylation sites is 1. The van der Waals surface area contributed by atoms with Crippen LogP contribution < -0.4 is 14.8 Å². The summed E-state index contributed by atoms with van der Waals surface area (Å²) >= 11 is 0. The number of aromatic nitrogens is 2. The molecule has 6 nitrogen and oxygen atoms in total. The van der Waals surface area contributed by atoms with Crippen molar-refractivity contribution in [2.24, 2.45) is 0 Å². The lowest BCUT2D eigenvalue weighted by Crippen LogP contribution is -2.24. The molecule has 156 valence electrons. The van der Waals surface area contributed by atoms with Crippen molar-refractivity contribution in [2.75, 3.05) is 20.3 Å². The molecule has 2 aromatic carbocycles. The third-order valence-electron chi connectivity index (χ3n) is 4.71. The number of rotatable bonds is 10. The van der Waals surface area contributed by atoms with Crippen LogP contribution >= 0.6 is 0 Å². The fraction of sp³-hybridized carbons (Fsp3) is 0.250. The Balaban J connectivity index is 1.53. The summed E-state index contributed by atoms with van der Waals surface area (Å²) in [5, 5.41) is 7.55. The Labute approximate surface area is 177 Å². The summed E-state index contributed by atoms with van der Waals surface area (Å²) < 4.78 is 12.7. The highest BCUT2D eigenvalue weighted by Gasteiger charge is 2.11. The minimum absolute atomic E-state index is 0.139. The minimum atomic E-state index is -0.139. The first kappa shape index (κ1) is 21.2. The van der Waals surface area contributed by atoms with Crippen LogP contribution in [0.3, 0.4) is 0 Å². The van der Waals surface area contributed by atoms with Crippen LogP contribution in [-0.4, -0.2) is 35.9 Å². The van der Waals surface area contributed by atoms with Crippen molar-refractivity contribution in [3.05, 3.63) is 84.2 Å². The number of nitrogens with zero attached hydrogens (tertiary/aromatic N) is 2. The van der Waals surface area contributed by atoms with Gasteiger partial charge >= 0.3 is 0 Å². The largest absolute Gasteiger partial charge is 0.493 e. The molecule has 0 aliphatic rings. The molecule has 0 saturated carbocycles. The van der Waals surface area contributed by atoms with Crippen molar-refractivity contribution in [1.82, 2.24) is 15.1 Å². The van der Waals surface area contributed by atoms with Crippen LogP contribution in [0.25, 0.3) is 5.69 Å². The molecule has 1 N–H and O–H groups in total. The molecule has 1 aromatic heterocycles. The summed E-state index contributed by atoms with van der Waals surface area (Å²) in [7, 11) is 1.55. The zero-order valence-electron chi connectivity index (χ0n) is 17.4. The molecule has 1 heterocycles. The lowest BCUT2D eigenvalue weighted by Gasteiger charge is -2.11. The fourth-order valence-electron chi connectivity index (χ4n) is 3.11. The minimum Gasteiger partial charge on any atom is -0.493 e. The van der Waals surface area contributed by atoms with Gasteiger partial charge in [0.15, 0.2) is 11.5 Å². The van der Waals surface area contributed by atoms with Crippen molar-refractivity contribution >= 4 is 5.91 Å². The number of carbonyl (C=O) groups excluding carboxylic acids is 1. The molecule has 3 aromatic rings. The predicted molar refractivity (Wildman–Crippen MR) is 118 cm³/mol. The van der Waals surface area contributed by atoms with Gasteiger partial charge in [0.05, 0.1) is 18.5 Å². The average molecular weight is 405 g/mol. The molecule has 0 spiro atoms. The van der Waals surface area contributed by atoms with E-state index in [4.69, 9.17) is 9.47 Å². The number of benzene rings is 2. The van der Waals surface area contributed by atoms with E-state index in [2.05, 4.69) is 23.2 Å². The van der Waals surface area contributed by atoms with Gasteiger partial charge in [-0.1, -0.05) is 30.9 Å². The van der Waals surface area contributed by atoms with Crippen LogP contribution in [0.1, 0.15) is 28.0 Å². The summed E-state index contributed by atoms with van der Waals surface area (Å²) in [5.41, 5.74) is 3.75. The van der Waals surface area contributed by atoms with Crippen LogP contribution in [0, 0.1) is 6.92 Å². The van der Waals surface area contributed by atoms with Crippen LogP contribution in [0.4, 0.5) is 0 Å². The maximum atomic E-state index is 12.5. The molecule has 1 amide bonds. The lowest BCUT2D eigenvalue weighted by molar-refractivity contribution is 0.0953. The molecular weight excluding hydrogens is 378 g/mol. The van der Waals surface area contributed by atoms with Crippen LogP contribution in [0.5, 0.6) is 11.5 Å². The summed E-state index contributed by atoms with van der Waals surface area (Å²) in [5.74, 6) is 0.966. The quantitative estimate of drug-likeness (QED) is 0.407. The van der Waals surface area contributed by atoms with E-state index in [0.29, 0.717) is 30.2 Å². The SMILES string of the molecule is C=CCOc1ccc(C(=O)NCCCc2cn(-c3ccccc3)nc2C)cc1OC. The molecular formula is C24H27N3O3. The maximum absolute atomic E-state index is 12.5. The van der Waals surface area contributed by atoms with Crippen molar-refractivity contribution in [3.8, 4) is 17.2 Å². The van der Waals surface area contributed by atoms with Gasteiger partial charge in [-0.25, -0.2) is 4.68 Å². The Bertz CT molecular complexity index is 996. The first-order valence-electron chi connectivity index (χ1n) is 9.93. The Hall–Kier alpha value is -3.54. The normalized spacial score (nSPS) is 10.5. The van der Waals surface area contributed by atoms with E-state index in [1.807, 2.05) is 41.9 Å². The van der Waals surface area contributed by atoms with E-state index in [1.54, 1.807) is 31.4 Å². The molecule has 0 atom stereocenters. The second kappa shape index (κ2) is 10.3.